The van der Waals surface area contributed by atoms with E-state index in [1.54, 1.807) is 6.92 Å². The van der Waals surface area contributed by atoms with Crippen molar-refractivity contribution in [2.75, 3.05) is 0 Å². The van der Waals surface area contributed by atoms with Gasteiger partial charge in [-0.2, -0.15) is 0 Å². The first-order valence-electron chi connectivity index (χ1n) is 5.39. The molecule has 0 bridgehead atoms. The van der Waals surface area contributed by atoms with E-state index < -0.39 is 23.4 Å². The summed E-state index contributed by atoms with van der Waals surface area (Å²) >= 11 is 0. The number of aryl methyl sites for hydroxylation is 1. The predicted molar refractivity (Wildman–Crippen MR) is 63.4 cm³/mol. The molecule has 0 atom stereocenters. The van der Waals surface area contributed by atoms with Crippen LogP contribution in [-0.4, -0.2) is 11.1 Å². The number of carbonyl (C=O) groups is 1. The summed E-state index contributed by atoms with van der Waals surface area (Å²) in [6.07, 6.45) is 0. The summed E-state index contributed by atoms with van der Waals surface area (Å²) in [5.41, 5.74) is 0.565. The molecule has 2 rings (SSSR count). The molecule has 98 valence electrons. The highest BCUT2D eigenvalue weighted by molar-refractivity contribution is 5.90. The number of aromatic carboxylic acids is 1. The summed E-state index contributed by atoms with van der Waals surface area (Å²) in [7, 11) is 0. The van der Waals surface area contributed by atoms with Crippen molar-refractivity contribution < 1.29 is 23.1 Å². The monoisotopic (exact) mass is 266 g/mol. The Hall–Kier alpha value is -2.30. The van der Waals surface area contributed by atoms with Gasteiger partial charge in [0.15, 0.2) is 11.6 Å². The Bertz CT molecular complexity index is 666. The lowest BCUT2D eigenvalue weighted by Gasteiger charge is -2.09. The summed E-state index contributed by atoms with van der Waals surface area (Å²) in [6.45, 7) is 1.63. The summed E-state index contributed by atoms with van der Waals surface area (Å²) in [5.74, 6) is -4.58. The molecule has 2 aromatic rings. The number of hydrogen-bond acceptors (Lipinski definition) is 1. The van der Waals surface area contributed by atoms with Crippen LogP contribution in [0.15, 0.2) is 30.3 Å². The minimum atomic E-state index is -1.28. The zero-order valence-corrected chi connectivity index (χ0v) is 9.88. The summed E-state index contributed by atoms with van der Waals surface area (Å²) in [4.78, 5) is 10.9. The average Bonchev–Trinajstić information content (AvgIpc) is 2.34. The maximum atomic E-state index is 13.7. The molecule has 0 heterocycles. The molecule has 0 fully saturated rings. The Balaban J connectivity index is 2.67. The molecule has 0 saturated heterocycles. The van der Waals surface area contributed by atoms with Crippen LogP contribution in [0.3, 0.4) is 0 Å². The normalized spacial score (nSPS) is 10.5. The molecule has 2 aromatic carbocycles. The smallest absolute Gasteiger partial charge is 0.335 e. The third kappa shape index (κ3) is 2.45. The SMILES string of the molecule is Cc1ccc(C(=O)O)cc1-c1cc(F)c(F)cc1F. The van der Waals surface area contributed by atoms with Crippen molar-refractivity contribution in [3.05, 3.63) is 58.9 Å². The second-order valence-electron chi connectivity index (χ2n) is 4.08. The van der Waals surface area contributed by atoms with Gasteiger partial charge < -0.3 is 5.11 Å². The second-order valence-corrected chi connectivity index (χ2v) is 4.08. The Kier molecular flexibility index (Phi) is 3.29. The van der Waals surface area contributed by atoms with Gasteiger partial charge in [0.25, 0.3) is 0 Å². The molecule has 0 saturated carbocycles. The van der Waals surface area contributed by atoms with Crippen molar-refractivity contribution in [3.8, 4) is 11.1 Å². The second kappa shape index (κ2) is 4.76. The van der Waals surface area contributed by atoms with Crippen LogP contribution in [0.2, 0.25) is 0 Å². The van der Waals surface area contributed by atoms with E-state index in [1.807, 2.05) is 0 Å². The van der Waals surface area contributed by atoms with E-state index in [1.165, 1.54) is 18.2 Å². The van der Waals surface area contributed by atoms with Crippen LogP contribution < -0.4 is 0 Å². The standard InChI is InChI=1S/C14H9F3O2/c1-7-2-3-8(14(18)19)4-9(7)10-5-12(16)13(17)6-11(10)15/h2-6H,1H3,(H,18,19). The summed E-state index contributed by atoms with van der Waals surface area (Å²) in [6, 6.07) is 5.24. The molecule has 5 heteroatoms. The van der Waals surface area contributed by atoms with E-state index >= 15 is 0 Å². The third-order valence-electron chi connectivity index (χ3n) is 2.78. The van der Waals surface area contributed by atoms with E-state index in [0.717, 1.165) is 6.07 Å². The minimum absolute atomic E-state index is 0.0512. The summed E-state index contributed by atoms with van der Waals surface area (Å²) < 4.78 is 39.7. The highest BCUT2D eigenvalue weighted by Crippen LogP contribution is 2.29. The minimum Gasteiger partial charge on any atom is -0.478 e. The Morgan fingerprint density at radius 1 is 0.947 bits per heavy atom. The molecule has 19 heavy (non-hydrogen) atoms. The van der Waals surface area contributed by atoms with Gasteiger partial charge in [-0.1, -0.05) is 6.07 Å². The molecule has 0 radical (unpaired) electrons. The fourth-order valence-corrected chi connectivity index (χ4v) is 1.77. The zero-order chi connectivity index (χ0) is 14.2. The highest BCUT2D eigenvalue weighted by Gasteiger charge is 2.15. The van der Waals surface area contributed by atoms with Gasteiger partial charge >= 0.3 is 5.97 Å². The molecule has 0 unspecified atom stereocenters. The first-order chi connectivity index (χ1) is 8.90. The van der Waals surface area contributed by atoms with Crippen molar-refractivity contribution in [2.45, 2.75) is 6.92 Å². The van der Waals surface area contributed by atoms with Crippen molar-refractivity contribution in [3.63, 3.8) is 0 Å². The lowest BCUT2D eigenvalue weighted by molar-refractivity contribution is 0.0697. The summed E-state index contributed by atoms with van der Waals surface area (Å²) in [5, 5.41) is 8.89. The predicted octanol–water partition coefficient (Wildman–Crippen LogP) is 3.78. The first-order valence-corrected chi connectivity index (χ1v) is 5.39. The molecule has 0 aromatic heterocycles. The number of halogens is 3. The average molecular weight is 266 g/mol. The number of hydrogen-bond donors (Lipinski definition) is 1. The van der Waals surface area contributed by atoms with Crippen molar-refractivity contribution in [2.24, 2.45) is 0 Å². The van der Waals surface area contributed by atoms with E-state index in [9.17, 15) is 18.0 Å². The van der Waals surface area contributed by atoms with Gasteiger partial charge in [-0.25, -0.2) is 18.0 Å². The van der Waals surface area contributed by atoms with Gasteiger partial charge in [-0.3, -0.25) is 0 Å². The molecule has 0 aliphatic rings. The highest BCUT2D eigenvalue weighted by atomic mass is 19.2. The van der Waals surface area contributed by atoms with Gasteiger partial charge in [0.05, 0.1) is 5.56 Å². The number of rotatable bonds is 2. The zero-order valence-electron chi connectivity index (χ0n) is 9.88. The van der Waals surface area contributed by atoms with Crippen LogP contribution in [0.4, 0.5) is 13.2 Å². The van der Waals surface area contributed by atoms with Crippen molar-refractivity contribution >= 4 is 5.97 Å². The topological polar surface area (TPSA) is 37.3 Å². The van der Waals surface area contributed by atoms with Crippen LogP contribution in [-0.2, 0) is 0 Å². The van der Waals surface area contributed by atoms with Crippen molar-refractivity contribution in [1.82, 2.24) is 0 Å². The maximum absolute atomic E-state index is 13.7. The van der Waals surface area contributed by atoms with Gasteiger partial charge in [-0.05, 0) is 36.2 Å². The molecule has 1 N–H and O–H groups in total. The first kappa shape index (κ1) is 13.1. The van der Waals surface area contributed by atoms with Gasteiger partial charge in [0, 0.05) is 11.6 Å². The third-order valence-corrected chi connectivity index (χ3v) is 2.78. The van der Waals surface area contributed by atoms with Crippen LogP contribution in [0.5, 0.6) is 0 Å². The number of benzene rings is 2. The van der Waals surface area contributed by atoms with E-state index in [4.69, 9.17) is 5.11 Å². The molecule has 2 nitrogen and oxygen atoms in total. The molecular formula is C14H9F3O2. The van der Waals surface area contributed by atoms with E-state index in [0.29, 0.717) is 11.6 Å². The van der Waals surface area contributed by atoms with Crippen LogP contribution in [0, 0.1) is 24.4 Å². The fourth-order valence-electron chi connectivity index (χ4n) is 1.77. The van der Waals surface area contributed by atoms with E-state index in [2.05, 4.69) is 0 Å². The molecule has 0 aliphatic carbocycles. The number of carboxylic acids is 1. The molecule has 0 amide bonds. The Labute approximate surface area is 107 Å². The largest absolute Gasteiger partial charge is 0.478 e. The van der Waals surface area contributed by atoms with Gasteiger partial charge in [0.1, 0.15) is 5.82 Å². The number of carboxylic acid groups (broad SMARTS) is 1. The van der Waals surface area contributed by atoms with Gasteiger partial charge in [-0.15, -0.1) is 0 Å². The quantitative estimate of drug-likeness (QED) is 0.840. The molecule has 0 spiro atoms. The van der Waals surface area contributed by atoms with Crippen LogP contribution >= 0.6 is 0 Å². The van der Waals surface area contributed by atoms with Crippen LogP contribution in [0.1, 0.15) is 15.9 Å². The Morgan fingerprint density at radius 3 is 2.21 bits per heavy atom. The Morgan fingerprint density at radius 2 is 1.58 bits per heavy atom. The lowest BCUT2D eigenvalue weighted by atomic mass is 9.97. The maximum Gasteiger partial charge on any atom is 0.335 e. The lowest BCUT2D eigenvalue weighted by Crippen LogP contribution is -1.99. The van der Waals surface area contributed by atoms with Crippen molar-refractivity contribution in [1.29, 1.82) is 0 Å². The molecular weight excluding hydrogens is 257 g/mol. The van der Waals surface area contributed by atoms with E-state index in [-0.39, 0.29) is 16.7 Å². The molecule has 0 aliphatic heterocycles. The van der Waals surface area contributed by atoms with Crippen LogP contribution in [0.25, 0.3) is 11.1 Å². The fraction of sp³-hybridized carbons (Fsp3) is 0.0714. The van der Waals surface area contributed by atoms with Gasteiger partial charge in [0.2, 0.25) is 0 Å².